The molecule has 0 aliphatic carbocycles. The molecule has 0 aliphatic rings. The van der Waals surface area contributed by atoms with E-state index < -0.39 is 11.9 Å². The maximum Gasteiger partial charge on any atom is 0.303 e. The van der Waals surface area contributed by atoms with Crippen molar-refractivity contribution in [3.8, 4) is 22.6 Å². The first-order valence-corrected chi connectivity index (χ1v) is 14.2. The molecule has 4 aromatic carbocycles. The average molecular weight is 602 g/mol. The molecule has 43 heavy (non-hydrogen) atoms. The third-order valence-corrected chi connectivity index (χ3v) is 6.90. The summed E-state index contributed by atoms with van der Waals surface area (Å²) in [4.78, 5) is 35.4. The van der Waals surface area contributed by atoms with Gasteiger partial charge in [0.25, 0.3) is 5.91 Å². The van der Waals surface area contributed by atoms with Crippen LogP contribution in [-0.2, 0) is 29.2 Å². The third kappa shape index (κ3) is 9.61. The van der Waals surface area contributed by atoms with Crippen molar-refractivity contribution in [2.45, 2.75) is 38.8 Å². The molecule has 222 valence electrons. The Bertz CT molecular complexity index is 1560. The molecular weight excluding hydrogens is 570 g/mol. The largest absolute Gasteiger partial charge is 0.493 e. The monoisotopic (exact) mass is 601 g/mol. The van der Waals surface area contributed by atoms with Crippen LogP contribution in [0.2, 0.25) is 5.02 Å². The molecule has 0 atom stereocenters. The predicted octanol–water partition coefficient (Wildman–Crippen LogP) is 6.78. The van der Waals surface area contributed by atoms with E-state index in [1.165, 1.54) is 0 Å². The van der Waals surface area contributed by atoms with Crippen LogP contribution < -0.4 is 14.8 Å². The van der Waals surface area contributed by atoms with Crippen LogP contribution in [0.15, 0.2) is 91.0 Å². The van der Waals surface area contributed by atoms with Crippen LogP contribution in [0.25, 0.3) is 11.1 Å². The zero-order valence-corrected chi connectivity index (χ0v) is 24.2. The molecule has 9 heteroatoms. The lowest BCUT2D eigenvalue weighted by Crippen LogP contribution is -2.22. The van der Waals surface area contributed by atoms with Gasteiger partial charge in [0.15, 0.2) is 0 Å². The summed E-state index contributed by atoms with van der Waals surface area (Å²) >= 11 is 6.09. The van der Waals surface area contributed by atoms with Crippen LogP contribution >= 0.6 is 11.6 Å². The number of nitrogens with one attached hydrogen (secondary N) is 1. The third-order valence-electron chi connectivity index (χ3n) is 6.65. The van der Waals surface area contributed by atoms with E-state index in [1.54, 1.807) is 36.4 Å². The molecule has 4 aromatic rings. The highest BCUT2D eigenvalue weighted by molar-refractivity contribution is 6.30. The van der Waals surface area contributed by atoms with Gasteiger partial charge in [-0.25, -0.2) is 0 Å². The standard InChI is InChI=1S/C34H32ClNO7/c35-28-13-11-24(12-14-28)26-18-27(34(41)36-21-23-6-2-1-3-7-23)20-29(19-26)43-22-25-8-4-9-31(30(25)15-16-33(39)40)42-17-5-10-32(37)38/h1-4,6-9,11-14,18-20H,5,10,15-17,21-22H2,(H,36,41)(H,37,38)(H,39,40). The molecule has 4 rings (SSSR count). The Morgan fingerprint density at radius 1 is 0.767 bits per heavy atom. The van der Waals surface area contributed by atoms with Crippen LogP contribution in [0.5, 0.6) is 11.5 Å². The number of aliphatic carboxylic acids is 2. The summed E-state index contributed by atoms with van der Waals surface area (Å²) in [7, 11) is 0. The van der Waals surface area contributed by atoms with Crippen LogP contribution in [0.4, 0.5) is 0 Å². The highest BCUT2D eigenvalue weighted by Gasteiger charge is 2.15. The van der Waals surface area contributed by atoms with E-state index in [2.05, 4.69) is 5.32 Å². The van der Waals surface area contributed by atoms with Crippen molar-refractivity contribution in [3.63, 3.8) is 0 Å². The van der Waals surface area contributed by atoms with Crippen molar-refractivity contribution in [2.75, 3.05) is 6.61 Å². The van der Waals surface area contributed by atoms with Gasteiger partial charge in [0.05, 0.1) is 6.61 Å². The van der Waals surface area contributed by atoms with E-state index in [4.69, 9.17) is 26.2 Å². The van der Waals surface area contributed by atoms with Crippen molar-refractivity contribution >= 4 is 29.4 Å². The number of carboxylic acids is 2. The number of carboxylic acid groups (broad SMARTS) is 2. The molecule has 0 aromatic heterocycles. The molecule has 8 nitrogen and oxygen atoms in total. The number of halogens is 1. The number of amides is 1. The van der Waals surface area contributed by atoms with Gasteiger partial charge in [-0.2, -0.15) is 0 Å². The number of rotatable bonds is 15. The lowest BCUT2D eigenvalue weighted by molar-refractivity contribution is -0.138. The second-order valence-corrected chi connectivity index (χ2v) is 10.3. The highest BCUT2D eigenvalue weighted by Crippen LogP contribution is 2.30. The number of hydrogen-bond acceptors (Lipinski definition) is 5. The van der Waals surface area contributed by atoms with Gasteiger partial charge in [-0.05, 0) is 71.5 Å². The normalized spacial score (nSPS) is 10.6. The number of carbonyl (C=O) groups is 3. The van der Waals surface area contributed by atoms with E-state index in [9.17, 15) is 19.5 Å². The number of benzene rings is 4. The van der Waals surface area contributed by atoms with E-state index in [0.717, 1.165) is 22.3 Å². The molecule has 0 fully saturated rings. The van der Waals surface area contributed by atoms with Gasteiger partial charge in [0, 0.05) is 35.5 Å². The summed E-state index contributed by atoms with van der Waals surface area (Å²) in [5.41, 5.74) is 4.41. The van der Waals surface area contributed by atoms with E-state index in [1.807, 2.05) is 54.6 Å². The Morgan fingerprint density at radius 3 is 2.23 bits per heavy atom. The zero-order valence-electron chi connectivity index (χ0n) is 23.4. The number of hydrogen-bond donors (Lipinski definition) is 3. The first kappa shape index (κ1) is 31.1. The Labute approximate surface area is 254 Å². The molecule has 0 bridgehead atoms. The Hall–Kier alpha value is -4.82. The molecule has 0 spiro atoms. The molecule has 0 unspecified atom stereocenters. The van der Waals surface area contributed by atoms with E-state index in [0.29, 0.717) is 40.6 Å². The zero-order chi connectivity index (χ0) is 30.6. The van der Waals surface area contributed by atoms with Crippen molar-refractivity contribution in [2.24, 2.45) is 0 Å². The second-order valence-electron chi connectivity index (χ2n) is 9.84. The molecular formula is C34H32ClNO7. The van der Waals surface area contributed by atoms with Gasteiger partial charge in [-0.3, -0.25) is 14.4 Å². The Morgan fingerprint density at radius 2 is 1.51 bits per heavy atom. The summed E-state index contributed by atoms with van der Waals surface area (Å²) in [5.74, 6) is -1.18. The fraction of sp³-hybridized carbons (Fsp3) is 0.206. The smallest absolute Gasteiger partial charge is 0.303 e. The van der Waals surface area contributed by atoms with Gasteiger partial charge >= 0.3 is 11.9 Å². The Balaban J connectivity index is 1.58. The average Bonchev–Trinajstić information content (AvgIpc) is 3.00. The van der Waals surface area contributed by atoms with Gasteiger partial charge in [-0.15, -0.1) is 0 Å². The molecule has 0 radical (unpaired) electrons. The van der Waals surface area contributed by atoms with Crippen LogP contribution in [0.1, 0.15) is 46.3 Å². The minimum Gasteiger partial charge on any atom is -0.493 e. The summed E-state index contributed by atoms with van der Waals surface area (Å²) in [5, 5.41) is 21.8. The van der Waals surface area contributed by atoms with Crippen molar-refractivity contribution in [1.82, 2.24) is 5.32 Å². The highest BCUT2D eigenvalue weighted by atomic mass is 35.5. The number of carbonyl (C=O) groups excluding carboxylic acids is 1. The van der Waals surface area contributed by atoms with Crippen LogP contribution in [-0.4, -0.2) is 34.7 Å². The maximum atomic E-state index is 13.2. The summed E-state index contributed by atoms with van der Waals surface area (Å²) in [6, 6.07) is 27.5. The van der Waals surface area contributed by atoms with Crippen LogP contribution in [0, 0.1) is 0 Å². The van der Waals surface area contributed by atoms with Crippen molar-refractivity contribution < 1.29 is 34.1 Å². The lowest BCUT2D eigenvalue weighted by Gasteiger charge is -2.17. The second kappa shape index (κ2) is 15.4. The summed E-state index contributed by atoms with van der Waals surface area (Å²) < 4.78 is 12.0. The molecule has 0 saturated heterocycles. The van der Waals surface area contributed by atoms with Gasteiger partial charge < -0.3 is 25.0 Å². The lowest BCUT2D eigenvalue weighted by atomic mass is 10.0. The topological polar surface area (TPSA) is 122 Å². The van der Waals surface area contributed by atoms with E-state index >= 15 is 0 Å². The quantitative estimate of drug-likeness (QED) is 0.128. The molecule has 0 saturated carbocycles. The fourth-order valence-corrected chi connectivity index (χ4v) is 4.59. The predicted molar refractivity (Wildman–Crippen MR) is 164 cm³/mol. The first-order valence-electron chi connectivity index (χ1n) is 13.8. The van der Waals surface area contributed by atoms with Gasteiger partial charge in [-0.1, -0.05) is 66.2 Å². The van der Waals surface area contributed by atoms with Crippen molar-refractivity contribution in [1.29, 1.82) is 0 Å². The minimum atomic E-state index is -0.950. The molecule has 0 aliphatic heterocycles. The van der Waals surface area contributed by atoms with Gasteiger partial charge in [0.1, 0.15) is 18.1 Å². The molecule has 1 amide bonds. The van der Waals surface area contributed by atoms with Gasteiger partial charge in [0.2, 0.25) is 0 Å². The number of ether oxygens (including phenoxy) is 2. The molecule has 3 N–H and O–H groups in total. The fourth-order valence-electron chi connectivity index (χ4n) is 4.47. The molecule has 0 heterocycles. The van der Waals surface area contributed by atoms with Crippen LogP contribution in [0.3, 0.4) is 0 Å². The Kier molecular flexibility index (Phi) is 11.2. The summed E-state index contributed by atoms with van der Waals surface area (Å²) in [6.45, 7) is 0.644. The SMILES string of the molecule is O=C(O)CCCOc1cccc(COc2cc(C(=O)NCc3ccccc3)cc(-c3ccc(Cl)cc3)c2)c1CCC(=O)O. The van der Waals surface area contributed by atoms with E-state index in [-0.39, 0.29) is 38.4 Å². The maximum absolute atomic E-state index is 13.2. The first-order chi connectivity index (χ1) is 20.8. The minimum absolute atomic E-state index is 0.0293. The van der Waals surface area contributed by atoms with Crippen molar-refractivity contribution in [3.05, 3.63) is 118 Å². The summed E-state index contributed by atoms with van der Waals surface area (Å²) in [6.07, 6.45) is 0.390.